The third-order valence-corrected chi connectivity index (χ3v) is 3.96. The van der Waals surface area contributed by atoms with Crippen molar-refractivity contribution in [2.45, 2.75) is 13.1 Å². The number of thiazole rings is 1. The molecule has 0 saturated heterocycles. The van der Waals surface area contributed by atoms with E-state index >= 15 is 0 Å². The van der Waals surface area contributed by atoms with Gasteiger partial charge in [-0.25, -0.2) is 9.78 Å². The fraction of sp³-hybridized carbons (Fsp3) is 0.267. The highest BCUT2D eigenvalue weighted by atomic mass is 32.1. The first-order chi connectivity index (χ1) is 11.7. The number of ether oxygens (including phenoxy) is 1. The Morgan fingerprint density at radius 1 is 1.24 bits per heavy atom. The van der Waals surface area contributed by atoms with E-state index in [9.17, 15) is 22.8 Å². The molecule has 2 amide bonds. The van der Waals surface area contributed by atoms with E-state index in [-0.39, 0.29) is 0 Å². The lowest BCUT2D eigenvalue weighted by molar-refractivity contribution is -0.160. The first-order valence-electron chi connectivity index (χ1n) is 7.04. The smallest absolute Gasteiger partial charge is 0.422 e. The fourth-order valence-electron chi connectivity index (χ4n) is 1.82. The number of anilines is 1. The maximum absolute atomic E-state index is 11.9. The molecule has 0 atom stereocenters. The summed E-state index contributed by atoms with van der Waals surface area (Å²) in [5.41, 5.74) is 1.68. The van der Waals surface area contributed by atoms with E-state index in [2.05, 4.69) is 15.0 Å². The molecule has 0 aliphatic rings. The van der Waals surface area contributed by atoms with Crippen molar-refractivity contribution < 1.29 is 27.5 Å². The lowest BCUT2D eigenvalue weighted by Crippen LogP contribution is -2.35. The maximum Gasteiger partial charge on any atom is 0.422 e. The molecule has 0 saturated carbocycles. The number of rotatable bonds is 5. The summed E-state index contributed by atoms with van der Waals surface area (Å²) in [6.07, 6.45) is -5.95. The van der Waals surface area contributed by atoms with Crippen LogP contribution in [0.25, 0.3) is 10.4 Å². The fourth-order valence-corrected chi connectivity index (χ4v) is 2.81. The van der Waals surface area contributed by atoms with Crippen molar-refractivity contribution in [3.05, 3.63) is 36.0 Å². The van der Waals surface area contributed by atoms with Crippen molar-refractivity contribution in [3.63, 3.8) is 0 Å². The van der Waals surface area contributed by atoms with Crippen LogP contribution in [0.15, 0.2) is 30.3 Å². The molecule has 0 spiro atoms. The van der Waals surface area contributed by atoms with Crippen LogP contribution in [0.2, 0.25) is 0 Å². The highest BCUT2D eigenvalue weighted by Crippen LogP contribution is 2.32. The van der Waals surface area contributed by atoms with Crippen molar-refractivity contribution in [2.75, 3.05) is 18.5 Å². The molecule has 0 radical (unpaired) electrons. The van der Waals surface area contributed by atoms with Crippen LogP contribution in [0.1, 0.15) is 5.69 Å². The second kappa shape index (κ2) is 7.97. The van der Waals surface area contributed by atoms with Crippen molar-refractivity contribution in [2.24, 2.45) is 0 Å². The highest BCUT2D eigenvalue weighted by Gasteiger charge is 2.29. The van der Waals surface area contributed by atoms with Gasteiger partial charge in [0.25, 0.3) is 0 Å². The maximum atomic E-state index is 11.9. The van der Waals surface area contributed by atoms with Crippen LogP contribution >= 0.6 is 11.3 Å². The molecule has 0 bridgehead atoms. The number of nitrogens with zero attached hydrogens (tertiary/aromatic N) is 1. The van der Waals surface area contributed by atoms with Gasteiger partial charge in [0.1, 0.15) is 6.54 Å². The second-order valence-electron chi connectivity index (χ2n) is 4.89. The minimum absolute atomic E-state index is 0.326. The summed E-state index contributed by atoms with van der Waals surface area (Å²) in [6, 6.07) is 9.45. The minimum Gasteiger partial charge on any atom is -0.440 e. The van der Waals surface area contributed by atoms with Crippen LogP contribution in [0.3, 0.4) is 0 Å². The molecule has 1 aromatic carbocycles. The highest BCUT2D eigenvalue weighted by molar-refractivity contribution is 7.19. The van der Waals surface area contributed by atoms with E-state index in [1.54, 1.807) is 6.92 Å². The number of halogens is 3. The average molecular weight is 373 g/mol. The Kier molecular flexibility index (Phi) is 5.97. The standard InChI is InChI=1S/C15H14F3N3O3S/c1-9-12(10-5-3-2-4-6-10)25-13(20-9)21-11(22)7-19-14(23)24-8-15(16,17)18/h2-6H,7-8H2,1H3,(H,19,23)(H,20,21,22). The Labute approximate surface area is 145 Å². The topological polar surface area (TPSA) is 80.3 Å². The number of alkyl halides is 3. The molecule has 0 aliphatic heterocycles. The average Bonchev–Trinajstić information content (AvgIpc) is 2.91. The second-order valence-corrected chi connectivity index (χ2v) is 5.89. The first kappa shape index (κ1) is 18.7. The zero-order valence-corrected chi connectivity index (χ0v) is 13.8. The van der Waals surface area contributed by atoms with Gasteiger partial charge in [0.15, 0.2) is 11.7 Å². The van der Waals surface area contributed by atoms with Crippen LogP contribution in [0, 0.1) is 6.92 Å². The largest absolute Gasteiger partial charge is 0.440 e. The number of nitrogens with one attached hydrogen (secondary N) is 2. The minimum atomic E-state index is -4.62. The monoisotopic (exact) mass is 373 g/mol. The third-order valence-electron chi connectivity index (χ3n) is 2.84. The lowest BCUT2D eigenvalue weighted by Gasteiger charge is -2.08. The molecule has 25 heavy (non-hydrogen) atoms. The van der Waals surface area contributed by atoms with Gasteiger partial charge in [-0.05, 0) is 12.5 Å². The number of alkyl carbamates (subject to hydrolysis) is 1. The Bertz CT molecular complexity index is 747. The summed E-state index contributed by atoms with van der Waals surface area (Å²) in [5.74, 6) is -0.627. The molecular formula is C15H14F3N3O3S. The Balaban J connectivity index is 1.86. The summed E-state index contributed by atoms with van der Waals surface area (Å²) < 4.78 is 39.6. The molecule has 2 N–H and O–H groups in total. The zero-order chi connectivity index (χ0) is 18.4. The van der Waals surface area contributed by atoms with Crippen molar-refractivity contribution >= 4 is 28.5 Å². The number of aryl methyl sites for hydroxylation is 1. The molecule has 134 valence electrons. The predicted molar refractivity (Wildman–Crippen MR) is 86.3 cm³/mol. The van der Waals surface area contributed by atoms with Gasteiger partial charge >= 0.3 is 12.3 Å². The molecule has 0 aliphatic carbocycles. The summed E-state index contributed by atoms with van der Waals surface area (Å²) in [6.45, 7) is -0.455. The summed E-state index contributed by atoms with van der Waals surface area (Å²) in [5, 5.41) is 4.73. The molecule has 1 heterocycles. The van der Waals surface area contributed by atoms with E-state index in [0.29, 0.717) is 5.13 Å². The van der Waals surface area contributed by atoms with E-state index in [1.807, 2.05) is 35.6 Å². The van der Waals surface area contributed by atoms with Gasteiger partial charge in [0.2, 0.25) is 5.91 Å². The molecule has 6 nitrogen and oxygen atoms in total. The van der Waals surface area contributed by atoms with E-state index in [0.717, 1.165) is 16.1 Å². The molecule has 2 rings (SSSR count). The number of carbonyl (C=O) groups is 2. The van der Waals surface area contributed by atoms with Gasteiger partial charge in [-0.2, -0.15) is 13.2 Å². The van der Waals surface area contributed by atoms with Crippen LogP contribution in [0.4, 0.5) is 23.1 Å². The van der Waals surface area contributed by atoms with Gasteiger partial charge in [-0.3, -0.25) is 4.79 Å². The lowest BCUT2D eigenvalue weighted by atomic mass is 10.2. The molecule has 0 fully saturated rings. The van der Waals surface area contributed by atoms with Crippen molar-refractivity contribution in [1.29, 1.82) is 0 Å². The van der Waals surface area contributed by atoms with Crippen molar-refractivity contribution in [1.82, 2.24) is 10.3 Å². The quantitative estimate of drug-likeness (QED) is 0.842. The van der Waals surface area contributed by atoms with Crippen LogP contribution in [-0.2, 0) is 9.53 Å². The molecule has 2 aromatic rings. The number of hydrogen-bond donors (Lipinski definition) is 2. The van der Waals surface area contributed by atoms with Crippen molar-refractivity contribution in [3.8, 4) is 10.4 Å². The van der Waals surface area contributed by atoms with Gasteiger partial charge < -0.3 is 15.4 Å². The Morgan fingerprint density at radius 3 is 2.56 bits per heavy atom. The SMILES string of the molecule is Cc1nc(NC(=O)CNC(=O)OCC(F)(F)F)sc1-c1ccccc1. The third kappa shape index (κ3) is 6.07. The van der Waals surface area contributed by atoms with Gasteiger partial charge in [-0.1, -0.05) is 41.7 Å². The number of amides is 2. The van der Waals surface area contributed by atoms with Gasteiger partial charge in [0.05, 0.1) is 10.6 Å². The Morgan fingerprint density at radius 2 is 1.92 bits per heavy atom. The van der Waals surface area contributed by atoms with E-state index < -0.39 is 31.3 Å². The summed E-state index contributed by atoms with van der Waals surface area (Å²) in [7, 11) is 0. The van der Waals surface area contributed by atoms with E-state index in [4.69, 9.17) is 0 Å². The molecular weight excluding hydrogens is 359 g/mol. The van der Waals surface area contributed by atoms with E-state index in [1.165, 1.54) is 11.3 Å². The summed E-state index contributed by atoms with van der Waals surface area (Å²) in [4.78, 5) is 27.9. The number of aromatic nitrogens is 1. The molecule has 1 aromatic heterocycles. The normalized spacial score (nSPS) is 11.0. The van der Waals surface area contributed by atoms with Crippen LogP contribution in [0.5, 0.6) is 0 Å². The van der Waals surface area contributed by atoms with Crippen LogP contribution < -0.4 is 10.6 Å². The number of hydrogen-bond acceptors (Lipinski definition) is 5. The van der Waals surface area contributed by atoms with Gasteiger partial charge in [0, 0.05) is 0 Å². The van der Waals surface area contributed by atoms with Crippen LogP contribution in [-0.4, -0.2) is 36.3 Å². The first-order valence-corrected chi connectivity index (χ1v) is 7.86. The van der Waals surface area contributed by atoms with Gasteiger partial charge in [-0.15, -0.1) is 0 Å². The molecule has 10 heteroatoms. The number of benzene rings is 1. The summed E-state index contributed by atoms with van der Waals surface area (Å²) >= 11 is 1.25. The Hall–Kier alpha value is -2.62. The zero-order valence-electron chi connectivity index (χ0n) is 13.0. The number of carbonyl (C=O) groups excluding carboxylic acids is 2. The predicted octanol–water partition coefficient (Wildman–Crippen LogP) is 3.35. The molecule has 0 unspecified atom stereocenters.